The molecule has 1 amide bonds. The van der Waals surface area contributed by atoms with Gasteiger partial charge in [-0.25, -0.2) is 9.97 Å². The number of aromatic nitrogens is 2. The Labute approximate surface area is 114 Å². The van der Waals surface area contributed by atoms with E-state index in [9.17, 15) is 4.79 Å². The molecule has 2 rings (SSSR count). The molecule has 0 aromatic carbocycles. The first-order valence-electron chi connectivity index (χ1n) is 5.20. The van der Waals surface area contributed by atoms with Gasteiger partial charge in [-0.1, -0.05) is 29.4 Å². The van der Waals surface area contributed by atoms with Gasteiger partial charge < -0.3 is 5.32 Å². The van der Waals surface area contributed by atoms with Crippen molar-refractivity contribution in [3.8, 4) is 0 Å². The molecule has 0 fully saturated rings. The fraction of sp³-hybridized carbons (Fsp3) is 0.0833. The number of halogens is 1. The number of hydrogen-bond acceptors (Lipinski definition) is 4. The third-order valence-electron chi connectivity index (χ3n) is 2.02. The van der Waals surface area contributed by atoms with Crippen molar-refractivity contribution >= 4 is 35.0 Å². The fourth-order valence-electron chi connectivity index (χ4n) is 1.24. The highest BCUT2D eigenvalue weighted by Crippen LogP contribution is 2.19. The average molecular weight is 280 g/mol. The molecule has 6 heteroatoms. The topological polar surface area (TPSA) is 54.9 Å². The van der Waals surface area contributed by atoms with Crippen LogP contribution < -0.4 is 5.32 Å². The fourth-order valence-corrected chi connectivity index (χ4v) is 2.07. The van der Waals surface area contributed by atoms with Gasteiger partial charge in [0, 0.05) is 12.4 Å². The molecule has 0 unspecified atom stereocenters. The molecule has 4 nitrogen and oxygen atoms in total. The molecular formula is C12H10ClN3OS. The zero-order chi connectivity index (χ0) is 12.8. The first-order valence-corrected chi connectivity index (χ1v) is 6.56. The van der Waals surface area contributed by atoms with E-state index in [4.69, 9.17) is 11.6 Å². The Bertz CT molecular complexity index is 536. The molecule has 0 radical (unpaired) electrons. The molecule has 0 aliphatic rings. The Morgan fingerprint density at radius 3 is 2.78 bits per heavy atom. The predicted molar refractivity (Wildman–Crippen MR) is 72.8 cm³/mol. The Balaban J connectivity index is 1.88. The van der Waals surface area contributed by atoms with Crippen molar-refractivity contribution in [1.29, 1.82) is 0 Å². The van der Waals surface area contributed by atoms with E-state index in [1.54, 1.807) is 24.5 Å². The summed E-state index contributed by atoms with van der Waals surface area (Å²) in [5.74, 6) is 0.142. The van der Waals surface area contributed by atoms with Crippen LogP contribution in [0.1, 0.15) is 0 Å². The summed E-state index contributed by atoms with van der Waals surface area (Å²) in [6, 6.07) is 8.99. The number of amides is 1. The zero-order valence-electron chi connectivity index (χ0n) is 9.34. The Kier molecular flexibility index (Phi) is 4.55. The van der Waals surface area contributed by atoms with Gasteiger partial charge in [0.05, 0.1) is 16.5 Å². The van der Waals surface area contributed by atoms with Crippen LogP contribution in [0.4, 0.5) is 5.69 Å². The van der Waals surface area contributed by atoms with E-state index < -0.39 is 0 Å². The van der Waals surface area contributed by atoms with E-state index in [0.717, 1.165) is 5.03 Å². The number of hydrogen-bond donors (Lipinski definition) is 1. The van der Waals surface area contributed by atoms with Gasteiger partial charge in [0.2, 0.25) is 5.91 Å². The lowest BCUT2D eigenvalue weighted by Crippen LogP contribution is -2.14. The number of carbonyl (C=O) groups excluding carboxylic acids is 1. The van der Waals surface area contributed by atoms with E-state index in [1.165, 1.54) is 11.8 Å². The zero-order valence-corrected chi connectivity index (χ0v) is 10.9. The third kappa shape index (κ3) is 3.72. The SMILES string of the molecule is O=C(CSc1ccccn1)Nc1cccnc1Cl. The number of thioether (sulfide) groups is 1. The maximum absolute atomic E-state index is 11.7. The summed E-state index contributed by atoms with van der Waals surface area (Å²) < 4.78 is 0. The maximum Gasteiger partial charge on any atom is 0.234 e. The predicted octanol–water partition coefficient (Wildman–Crippen LogP) is 2.86. The van der Waals surface area contributed by atoms with Gasteiger partial charge in [-0.3, -0.25) is 4.79 Å². The highest BCUT2D eigenvalue weighted by molar-refractivity contribution is 7.99. The molecule has 0 aliphatic heterocycles. The molecule has 0 bridgehead atoms. The molecule has 0 saturated carbocycles. The summed E-state index contributed by atoms with van der Waals surface area (Å²) in [4.78, 5) is 19.7. The Morgan fingerprint density at radius 1 is 1.22 bits per heavy atom. The smallest absolute Gasteiger partial charge is 0.234 e. The molecule has 0 saturated heterocycles. The van der Waals surface area contributed by atoms with Crippen molar-refractivity contribution < 1.29 is 4.79 Å². The van der Waals surface area contributed by atoms with Crippen LogP contribution in [0.15, 0.2) is 47.8 Å². The minimum absolute atomic E-state index is 0.138. The second kappa shape index (κ2) is 6.37. The Morgan fingerprint density at radius 2 is 2.06 bits per heavy atom. The number of nitrogens with zero attached hydrogens (tertiary/aromatic N) is 2. The van der Waals surface area contributed by atoms with Crippen molar-refractivity contribution in [3.05, 3.63) is 47.9 Å². The molecule has 2 aromatic heterocycles. The van der Waals surface area contributed by atoms with Gasteiger partial charge in [-0.05, 0) is 24.3 Å². The van der Waals surface area contributed by atoms with Crippen molar-refractivity contribution in [2.24, 2.45) is 0 Å². The van der Waals surface area contributed by atoms with E-state index in [2.05, 4.69) is 15.3 Å². The van der Waals surface area contributed by atoms with Gasteiger partial charge in [0.1, 0.15) is 0 Å². The largest absolute Gasteiger partial charge is 0.323 e. The van der Waals surface area contributed by atoms with Gasteiger partial charge >= 0.3 is 0 Å². The van der Waals surface area contributed by atoms with Crippen LogP contribution in [0.3, 0.4) is 0 Å². The molecule has 2 aromatic rings. The molecular weight excluding hydrogens is 270 g/mol. The number of anilines is 1. The van der Waals surface area contributed by atoms with Crippen LogP contribution in [0.5, 0.6) is 0 Å². The van der Waals surface area contributed by atoms with Crippen LogP contribution in [0, 0.1) is 0 Å². The molecule has 1 N–H and O–H groups in total. The van der Waals surface area contributed by atoms with E-state index in [0.29, 0.717) is 5.69 Å². The lowest BCUT2D eigenvalue weighted by molar-refractivity contribution is -0.113. The summed E-state index contributed by atoms with van der Waals surface area (Å²) in [7, 11) is 0. The molecule has 0 aliphatic carbocycles. The van der Waals surface area contributed by atoms with E-state index >= 15 is 0 Å². The summed E-state index contributed by atoms with van der Waals surface area (Å²) in [5, 5.41) is 3.79. The molecule has 92 valence electrons. The average Bonchev–Trinajstić information content (AvgIpc) is 2.40. The normalized spacial score (nSPS) is 10.1. The Hall–Kier alpha value is -1.59. The summed E-state index contributed by atoms with van der Waals surface area (Å²) >= 11 is 7.21. The van der Waals surface area contributed by atoms with Crippen molar-refractivity contribution in [3.63, 3.8) is 0 Å². The minimum Gasteiger partial charge on any atom is -0.323 e. The first kappa shape index (κ1) is 12.9. The van der Waals surface area contributed by atoms with Crippen molar-refractivity contribution in [2.45, 2.75) is 5.03 Å². The van der Waals surface area contributed by atoms with Gasteiger partial charge in [-0.15, -0.1) is 0 Å². The lowest BCUT2D eigenvalue weighted by Gasteiger charge is -2.05. The monoisotopic (exact) mass is 279 g/mol. The summed E-state index contributed by atoms with van der Waals surface area (Å²) in [5.41, 5.74) is 0.519. The van der Waals surface area contributed by atoms with E-state index in [-0.39, 0.29) is 16.8 Å². The van der Waals surface area contributed by atoms with Gasteiger partial charge in [0.15, 0.2) is 5.15 Å². The van der Waals surface area contributed by atoms with Crippen LogP contribution >= 0.6 is 23.4 Å². The van der Waals surface area contributed by atoms with Crippen LogP contribution in [-0.2, 0) is 4.79 Å². The molecule has 0 spiro atoms. The van der Waals surface area contributed by atoms with Crippen LogP contribution in [0.25, 0.3) is 0 Å². The molecule has 18 heavy (non-hydrogen) atoms. The van der Waals surface area contributed by atoms with Crippen molar-refractivity contribution in [2.75, 3.05) is 11.1 Å². The molecule has 2 heterocycles. The minimum atomic E-state index is -0.138. The van der Waals surface area contributed by atoms with Crippen LogP contribution in [-0.4, -0.2) is 21.6 Å². The number of nitrogens with one attached hydrogen (secondary N) is 1. The lowest BCUT2D eigenvalue weighted by atomic mass is 10.4. The maximum atomic E-state index is 11.7. The second-order valence-corrected chi connectivity index (χ2v) is 4.70. The molecule has 0 atom stereocenters. The number of pyridine rings is 2. The highest BCUT2D eigenvalue weighted by Gasteiger charge is 2.06. The van der Waals surface area contributed by atoms with Gasteiger partial charge in [-0.2, -0.15) is 0 Å². The second-order valence-electron chi connectivity index (χ2n) is 3.35. The van der Waals surface area contributed by atoms with Crippen LogP contribution in [0.2, 0.25) is 5.15 Å². The van der Waals surface area contributed by atoms with E-state index in [1.807, 2.05) is 18.2 Å². The highest BCUT2D eigenvalue weighted by atomic mass is 35.5. The van der Waals surface area contributed by atoms with Crippen molar-refractivity contribution in [1.82, 2.24) is 9.97 Å². The number of carbonyl (C=O) groups is 1. The van der Waals surface area contributed by atoms with Gasteiger partial charge in [0.25, 0.3) is 0 Å². The first-order chi connectivity index (χ1) is 8.75. The quantitative estimate of drug-likeness (QED) is 0.691. The third-order valence-corrected chi connectivity index (χ3v) is 3.27. The summed E-state index contributed by atoms with van der Waals surface area (Å²) in [6.07, 6.45) is 3.26. The summed E-state index contributed by atoms with van der Waals surface area (Å²) in [6.45, 7) is 0. The number of rotatable bonds is 4. The standard InChI is InChI=1S/C12H10ClN3OS/c13-12-9(4-3-7-15-12)16-10(17)8-18-11-5-1-2-6-14-11/h1-7H,8H2,(H,16,17).